The van der Waals surface area contributed by atoms with Gasteiger partial charge in [-0.3, -0.25) is 0 Å². The van der Waals surface area contributed by atoms with Crippen LogP contribution in [0.1, 0.15) is 6.92 Å². The maximum atomic E-state index is 9.12. The van der Waals surface area contributed by atoms with Crippen molar-refractivity contribution in [2.45, 2.75) is 13.2 Å². The lowest BCUT2D eigenvalue weighted by atomic mass is 9.86. The highest BCUT2D eigenvalue weighted by molar-refractivity contribution is 6.41. The van der Waals surface area contributed by atoms with Crippen molar-refractivity contribution in [2.24, 2.45) is 0 Å². The fourth-order valence-electron chi connectivity index (χ4n) is 1.94. The first-order valence-corrected chi connectivity index (χ1v) is 7.12. The predicted octanol–water partition coefficient (Wildman–Crippen LogP) is 3.68. The summed E-state index contributed by atoms with van der Waals surface area (Å²) in [6.07, 6.45) is 11.1. The van der Waals surface area contributed by atoms with Gasteiger partial charge in [-0.05, 0) is 31.2 Å². The Morgan fingerprint density at radius 2 is 1.91 bits per heavy atom. The third-order valence-electron chi connectivity index (χ3n) is 2.86. The highest BCUT2D eigenvalue weighted by Crippen LogP contribution is 2.25. The minimum Gasteiger partial charge on any atom is -0.427 e. The minimum atomic E-state index is -1.38. The van der Waals surface area contributed by atoms with Gasteiger partial charge < -0.3 is 14.9 Å². The van der Waals surface area contributed by atoms with Gasteiger partial charge in [-0.25, -0.2) is 0 Å². The SMILES string of the molecule is C=C/C=C\C(=C)N(C(/C=C\C)=C/CB(O)O)c1ccccc1. The van der Waals surface area contributed by atoms with Crippen LogP contribution in [-0.2, 0) is 0 Å². The molecule has 4 heteroatoms. The third-order valence-corrected chi connectivity index (χ3v) is 2.86. The van der Waals surface area contributed by atoms with Gasteiger partial charge >= 0.3 is 7.12 Å². The molecule has 0 saturated carbocycles. The Morgan fingerprint density at radius 1 is 1.23 bits per heavy atom. The Morgan fingerprint density at radius 3 is 2.45 bits per heavy atom. The van der Waals surface area contributed by atoms with Crippen LogP contribution in [0.2, 0.25) is 6.32 Å². The highest BCUT2D eigenvalue weighted by atomic mass is 16.4. The molecule has 0 saturated heterocycles. The smallest absolute Gasteiger partial charge is 0.427 e. The average Bonchev–Trinajstić information content (AvgIpc) is 2.51. The first-order valence-electron chi connectivity index (χ1n) is 7.12. The van der Waals surface area contributed by atoms with Gasteiger partial charge in [0.15, 0.2) is 0 Å². The van der Waals surface area contributed by atoms with Crippen molar-refractivity contribution in [3.8, 4) is 0 Å². The van der Waals surface area contributed by atoms with Gasteiger partial charge in [0.25, 0.3) is 0 Å². The topological polar surface area (TPSA) is 43.7 Å². The van der Waals surface area contributed by atoms with Crippen LogP contribution in [0.3, 0.4) is 0 Å². The van der Waals surface area contributed by atoms with Crippen LogP contribution in [0.4, 0.5) is 5.69 Å². The predicted molar refractivity (Wildman–Crippen MR) is 95.3 cm³/mol. The molecule has 0 amide bonds. The van der Waals surface area contributed by atoms with Crippen molar-refractivity contribution < 1.29 is 10.0 Å². The summed E-state index contributed by atoms with van der Waals surface area (Å²) in [4.78, 5) is 1.95. The van der Waals surface area contributed by atoms with Crippen LogP contribution >= 0.6 is 0 Å². The fourth-order valence-corrected chi connectivity index (χ4v) is 1.94. The largest absolute Gasteiger partial charge is 0.455 e. The van der Waals surface area contributed by atoms with Gasteiger partial charge in [0, 0.05) is 23.4 Å². The number of benzene rings is 1. The molecule has 1 rings (SSSR count). The number of hydrogen-bond donors (Lipinski definition) is 2. The Labute approximate surface area is 133 Å². The van der Waals surface area contributed by atoms with E-state index in [-0.39, 0.29) is 6.32 Å². The molecule has 0 heterocycles. The van der Waals surface area contributed by atoms with Crippen LogP contribution in [0, 0.1) is 0 Å². The van der Waals surface area contributed by atoms with Gasteiger partial charge in [0.05, 0.1) is 0 Å². The van der Waals surface area contributed by atoms with Crippen LogP contribution in [0.15, 0.2) is 91.3 Å². The van der Waals surface area contributed by atoms with Gasteiger partial charge in [0.2, 0.25) is 0 Å². The second-order valence-corrected chi connectivity index (χ2v) is 4.60. The first kappa shape index (κ1) is 17.8. The molecular weight excluding hydrogens is 273 g/mol. The van der Waals surface area contributed by atoms with Crippen molar-refractivity contribution in [3.05, 3.63) is 91.3 Å². The zero-order chi connectivity index (χ0) is 16.4. The highest BCUT2D eigenvalue weighted by Gasteiger charge is 2.13. The van der Waals surface area contributed by atoms with Crippen LogP contribution in [-0.4, -0.2) is 17.2 Å². The fraction of sp³-hybridized carbons (Fsp3) is 0.111. The van der Waals surface area contributed by atoms with Crippen molar-refractivity contribution in [1.82, 2.24) is 0 Å². The minimum absolute atomic E-state index is 0.140. The van der Waals surface area contributed by atoms with Crippen molar-refractivity contribution >= 4 is 12.8 Å². The molecule has 0 aliphatic heterocycles. The molecule has 1 aromatic rings. The molecule has 114 valence electrons. The van der Waals surface area contributed by atoms with E-state index in [1.165, 1.54) is 0 Å². The van der Waals surface area contributed by atoms with Crippen LogP contribution in [0.5, 0.6) is 0 Å². The Hall–Kier alpha value is -2.30. The van der Waals surface area contributed by atoms with Crippen molar-refractivity contribution in [2.75, 3.05) is 4.90 Å². The molecule has 22 heavy (non-hydrogen) atoms. The normalized spacial score (nSPS) is 11.9. The van der Waals surface area contributed by atoms with Crippen molar-refractivity contribution in [1.29, 1.82) is 0 Å². The van der Waals surface area contributed by atoms with E-state index < -0.39 is 7.12 Å². The van der Waals surface area contributed by atoms with E-state index in [4.69, 9.17) is 10.0 Å². The molecular formula is C18H22BNO2. The summed E-state index contributed by atoms with van der Waals surface area (Å²) in [5.74, 6) is 0. The lowest BCUT2D eigenvalue weighted by Crippen LogP contribution is -2.20. The van der Waals surface area contributed by atoms with Crippen LogP contribution in [0.25, 0.3) is 0 Å². The lowest BCUT2D eigenvalue weighted by molar-refractivity contribution is 0.411. The standard InChI is InChI=1S/C18H22BNO2/c1-4-6-11-16(3)20(18-12-8-7-9-13-18)17(10-5-2)14-15-19(21)22/h4-14,21-22H,1,3,15H2,2H3/b10-5-,11-6-,17-14+. The Balaban J connectivity index is 3.27. The van der Waals surface area contributed by atoms with Gasteiger partial charge in [-0.2, -0.15) is 0 Å². The number of rotatable bonds is 8. The Kier molecular flexibility index (Phi) is 7.75. The van der Waals surface area contributed by atoms with E-state index in [0.717, 1.165) is 17.1 Å². The van der Waals surface area contributed by atoms with E-state index in [9.17, 15) is 0 Å². The van der Waals surface area contributed by atoms with E-state index in [1.807, 2.05) is 66.5 Å². The number of nitrogens with zero attached hydrogens (tertiary/aromatic N) is 1. The number of allylic oxidation sites excluding steroid dienone is 6. The molecule has 2 N–H and O–H groups in total. The molecule has 0 bridgehead atoms. The number of para-hydroxylation sites is 1. The summed E-state index contributed by atoms with van der Waals surface area (Å²) in [6.45, 7) is 9.67. The van der Waals surface area contributed by atoms with E-state index in [0.29, 0.717) is 0 Å². The van der Waals surface area contributed by atoms with E-state index in [1.54, 1.807) is 12.2 Å². The average molecular weight is 295 g/mol. The lowest BCUT2D eigenvalue weighted by Gasteiger charge is -2.26. The summed E-state index contributed by atoms with van der Waals surface area (Å²) in [5, 5.41) is 18.2. The maximum absolute atomic E-state index is 9.12. The quantitative estimate of drug-likeness (QED) is 0.568. The van der Waals surface area contributed by atoms with E-state index in [2.05, 4.69) is 13.2 Å². The van der Waals surface area contributed by atoms with Crippen molar-refractivity contribution in [3.63, 3.8) is 0 Å². The number of anilines is 1. The molecule has 1 aromatic carbocycles. The monoisotopic (exact) mass is 295 g/mol. The molecule has 0 spiro atoms. The zero-order valence-electron chi connectivity index (χ0n) is 12.9. The molecule has 0 radical (unpaired) electrons. The first-order chi connectivity index (χ1) is 10.6. The summed E-state index contributed by atoms with van der Waals surface area (Å²) in [6, 6.07) is 9.78. The van der Waals surface area contributed by atoms with Gasteiger partial charge in [-0.15, -0.1) is 0 Å². The molecule has 0 aromatic heterocycles. The second-order valence-electron chi connectivity index (χ2n) is 4.60. The maximum Gasteiger partial charge on any atom is 0.455 e. The summed E-state index contributed by atoms with van der Waals surface area (Å²) in [5.41, 5.74) is 2.52. The summed E-state index contributed by atoms with van der Waals surface area (Å²) in [7, 11) is -1.38. The molecule has 0 aliphatic carbocycles. The molecule has 0 fully saturated rings. The second kappa shape index (κ2) is 9.61. The Bertz CT molecular complexity index is 574. The summed E-state index contributed by atoms with van der Waals surface area (Å²) >= 11 is 0. The molecule has 3 nitrogen and oxygen atoms in total. The van der Waals surface area contributed by atoms with Crippen LogP contribution < -0.4 is 4.90 Å². The third kappa shape index (κ3) is 5.60. The van der Waals surface area contributed by atoms with Gasteiger partial charge in [-0.1, -0.05) is 55.7 Å². The number of hydrogen-bond acceptors (Lipinski definition) is 3. The van der Waals surface area contributed by atoms with E-state index >= 15 is 0 Å². The molecule has 0 unspecified atom stereocenters. The molecule has 0 aliphatic rings. The molecule has 0 atom stereocenters. The zero-order valence-corrected chi connectivity index (χ0v) is 12.9. The van der Waals surface area contributed by atoms with Gasteiger partial charge in [0.1, 0.15) is 0 Å². The summed E-state index contributed by atoms with van der Waals surface area (Å²) < 4.78 is 0.